The lowest BCUT2D eigenvalue weighted by atomic mass is 10.2. The minimum absolute atomic E-state index is 0.0579. The third-order valence-corrected chi connectivity index (χ3v) is 1.11. The molecule has 62 valence electrons. The third kappa shape index (κ3) is 4.21. The average molecular weight is 156 g/mol. The maximum atomic E-state index is 10.7. The number of carbonyl (C=O) groups excluding carboxylic acids is 1. The molecule has 0 saturated heterocycles. The lowest BCUT2D eigenvalue weighted by Crippen LogP contribution is -2.34. The van der Waals surface area contributed by atoms with E-state index in [0.29, 0.717) is 0 Å². The van der Waals surface area contributed by atoms with E-state index in [4.69, 9.17) is 11.1 Å². The van der Waals surface area contributed by atoms with E-state index in [-0.39, 0.29) is 11.7 Å². The van der Waals surface area contributed by atoms with Crippen molar-refractivity contribution in [1.29, 1.82) is 5.41 Å². The summed E-state index contributed by atoms with van der Waals surface area (Å²) in [4.78, 5) is 14.2. The van der Waals surface area contributed by atoms with Gasteiger partial charge >= 0.3 is 0 Å². The largest absolute Gasteiger partial charge is 0.368 e. The van der Waals surface area contributed by atoms with Gasteiger partial charge < -0.3 is 11.1 Å². The second-order valence-corrected chi connectivity index (χ2v) is 2.04. The number of rotatable bonds is 3. The summed E-state index contributed by atoms with van der Waals surface area (Å²) in [6, 6.07) is -0.445. The molecule has 0 rings (SSSR count). The molecule has 0 aliphatic carbocycles. The van der Waals surface area contributed by atoms with Gasteiger partial charge in [0, 0.05) is 6.21 Å². The predicted octanol–water partition coefficient (Wildman–Crippen LogP) is -0.872. The van der Waals surface area contributed by atoms with Gasteiger partial charge in [0.25, 0.3) is 0 Å². The van der Waals surface area contributed by atoms with Crippen LogP contribution < -0.4 is 11.1 Å². The lowest BCUT2D eigenvalue weighted by Gasteiger charge is -2.04. The second-order valence-electron chi connectivity index (χ2n) is 2.04. The number of nitrogens with one attached hydrogen (secondary N) is 2. The van der Waals surface area contributed by atoms with Crippen LogP contribution in [0.2, 0.25) is 0 Å². The van der Waals surface area contributed by atoms with Crippen LogP contribution in [0.1, 0.15) is 6.92 Å². The van der Waals surface area contributed by atoms with E-state index in [1.165, 1.54) is 13.1 Å². The standard InChI is InChI=1S/C6H12N4O/c1-4(11)5(9-2)3-10-6(7)8/h3,5,9H,1-2H3,(H3,7,8)/b10-3-/t5-/m0/s1. The average Bonchev–Trinajstić information content (AvgIpc) is 1.87. The van der Waals surface area contributed by atoms with Gasteiger partial charge in [-0.25, -0.2) is 4.99 Å². The Morgan fingerprint density at radius 2 is 2.36 bits per heavy atom. The highest BCUT2D eigenvalue weighted by atomic mass is 16.1. The number of hydrogen-bond acceptors (Lipinski definition) is 3. The summed E-state index contributed by atoms with van der Waals surface area (Å²) in [5, 5.41) is 9.45. The maximum Gasteiger partial charge on any atom is 0.212 e. The molecule has 0 unspecified atom stereocenters. The van der Waals surface area contributed by atoms with E-state index < -0.39 is 6.04 Å². The zero-order valence-electron chi connectivity index (χ0n) is 6.59. The van der Waals surface area contributed by atoms with Gasteiger partial charge in [0.2, 0.25) is 5.96 Å². The Balaban J connectivity index is 4.08. The number of guanidine groups is 1. The fourth-order valence-electron chi connectivity index (χ4n) is 0.538. The summed E-state index contributed by atoms with van der Waals surface area (Å²) < 4.78 is 0. The Labute approximate surface area is 65.2 Å². The van der Waals surface area contributed by atoms with Crippen LogP contribution in [0.5, 0.6) is 0 Å². The van der Waals surface area contributed by atoms with Gasteiger partial charge in [-0.3, -0.25) is 10.2 Å². The van der Waals surface area contributed by atoms with E-state index in [0.717, 1.165) is 0 Å². The molecule has 1 atom stereocenters. The summed E-state index contributed by atoms with van der Waals surface area (Å²) in [6.07, 6.45) is 1.31. The first-order valence-corrected chi connectivity index (χ1v) is 3.14. The number of aliphatic imine (C=N–C) groups is 1. The maximum absolute atomic E-state index is 10.7. The van der Waals surface area contributed by atoms with E-state index in [2.05, 4.69) is 10.3 Å². The Morgan fingerprint density at radius 3 is 2.64 bits per heavy atom. The molecular formula is C6H12N4O. The summed E-state index contributed by atoms with van der Waals surface area (Å²) in [6.45, 7) is 1.44. The number of nitrogens with zero attached hydrogens (tertiary/aromatic N) is 1. The Kier molecular flexibility index (Phi) is 4.05. The highest BCUT2D eigenvalue weighted by Gasteiger charge is 2.06. The monoisotopic (exact) mass is 156 g/mol. The van der Waals surface area contributed by atoms with E-state index in [1.807, 2.05) is 0 Å². The lowest BCUT2D eigenvalue weighted by molar-refractivity contribution is -0.117. The van der Waals surface area contributed by atoms with Crippen molar-refractivity contribution in [3.05, 3.63) is 0 Å². The van der Waals surface area contributed by atoms with Crippen molar-refractivity contribution in [2.45, 2.75) is 13.0 Å². The van der Waals surface area contributed by atoms with E-state index >= 15 is 0 Å². The molecule has 0 heterocycles. The van der Waals surface area contributed by atoms with E-state index in [9.17, 15) is 4.79 Å². The van der Waals surface area contributed by atoms with Crippen LogP contribution in [0.15, 0.2) is 4.99 Å². The van der Waals surface area contributed by atoms with Crippen molar-refractivity contribution in [2.24, 2.45) is 10.7 Å². The molecule has 0 aliphatic rings. The van der Waals surface area contributed by atoms with Gasteiger partial charge in [0.15, 0.2) is 5.78 Å². The summed E-state index contributed by atoms with van der Waals surface area (Å²) in [5.74, 6) is -0.357. The number of Topliss-reactive ketones (excluding diaryl/α,β-unsaturated/α-hetero) is 1. The molecule has 0 aromatic rings. The molecule has 0 aromatic heterocycles. The molecule has 0 bridgehead atoms. The predicted molar refractivity (Wildman–Crippen MR) is 43.9 cm³/mol. The van der Waals surface area contributed by atoms with Crippen molar-refractivity contribution in [1.82, 2.24) is 5.32 Å². The smallest absolute Gasteiger partial charge is 0.212 e. The van der Waals surface area contributed by atoms with Gasteiger partial charge in [-0.15, -0.1) is 0 Å². The molecule has 11 heavy (non-hydrogen) atoms. The van der Waals surface area contributed by atoms with Gasteiger partial charge in [-0.2, -0.15) is 0 Å². The van der Waals surface area contributed by atoms with Gasteiger partial charge in [-0.1, -0.05) is 0 Å². The van der Waals surface area contributed by atoms with Crippen LogP contribution in [-0.4, -0.2) is 31.0 Å². The first-order chi connectivity index (χ1) is 5.07. The number of nitrogens with two attached hydrogens (primary N) is 1. The normalized spacial score (nSPS) is 13.3. The topological polar surface area (TPSA) is 91.3 Å². The zero-order valence-corrected chi connectivity index (χ0v) is 6.59. The van der Waals surface area contributed by atoms with Crippen LogP contribution in [0.3, 0.4) is 0 Å². The zero-order chi connectivity index (χ0) is 8.85. The minimum Gasteiger partial charge on any atom is -0.368 e. The van der Waals surface area contributed by atoms with Crippen molar-refractivity contribution in [2.75, 3.05) is 7.05 Å². The molecule has 0 aromatic carbocycles. The van der Waals surface area contributed by atoms with Crippen LogP contribution in [0.25, 0.3) is 0 Å². The number of hydrogen-bond donors (Lipinski definition) is 3. The number of ketones is 1. The van der Waals surface area contributed by atoms with Crippen LogP contribution in [0.4, 0.5) is 0 Å². The highest BCUT2D eigenvalue weighted by molar-refractivity contribution is 6.00. The molecule has 0 radical (unpaired) electrons. The molecule has 5 nitrogen and oxygen atoms in total. The fourth-order valence-corrected chi connectivity index (χ4v) is 0.538. The number of carbonyl (C=O) groups is 1. The molecule has 5 heteroatoms. The van der Waals surface area contributed by atoms with Gasteiger partial charge in [0.05, 0.1) is 0 Å². The van der Waals surface area contributed by atoms with Crippen molar-refractivity contribution in [3.63, 3.8) is 0 Å². The molecular weight excluding hydrogens is 144 g/mol. The van der Waals surface area contributed by atoms with Crippen LogP contribution in [-0.2, 0) is 4.79 Å². The van der Waals surface area contributed by atoms with Crippen molar-refractivity contribution >= 4 is 18.0 Å². The molecule has 0 aliphatic heterocycles. The Hall–Kier alpha value is -1.23. The Morgan fingerprint density at radius 1 is 1.82 bits per heavy atom. The molecule has 0 saturated carbocycles. The van der Waals surface area contributed by atoms with Crippen LogP contribution >= 0.6 is 0 Å². The summed E-state index contributed by atoms with van der Waals surface area (Å²) in [5.41, 5.74) is 4.94. The number of likely N-dealkylation sites (N-methyl/N-ethyl adjacent to an activating group) is 1. The van der Waals surface area contributed by atoms with Gasteiger partial charge in [0.1, 0.15) is 6.04 Å². The first kappa shape index (κ1) is 9.77. The third-order valence-electron chi connectivity index (χ3n) is 1.11. The van der Waals surface area contributed by atoms with Crippen molar-refractivity contribution < 1.29 is 4.79 Å². The minimum atomic E-state index is -0.445. The SMILES string of the molecule is CN[C@@H](/C=N\C(=N)N)C(C)=O. The molecule has 0 spiro atoms. The summed E-state index contributed by atoms with van der Waals surface area (Å²) in [7, 11) is 1.64. The summed E-state index contributed by atoms with van der Waals surface area (Å²) >= 11 is 0. The Bertz CT molecular complexity index is 187. The fraction of sp³-hybridized carbons (Fsp3) is 0.500. The van der Waals surface area contributed by atoms with Crippen molar-refractivity contribution in [3.8, 4) is 0 Å². The van der Waals surface area contributed by atoms with E-state index in [1.54, 1.807) is 7.05 Å². The first-order valence-electron chi connectivity index (χ1n) is 3.14. The highest BCUT2D eigenvalue weighted by Crippen LogP contribution is 1.79. The quantitative estimate of drug-likeness (QED) is 0.366. The molecule has 4 N–H and O–H groups in total. The van der Waals surface area contributed by atoms with Crippen LogP contribution in [0, 0.1) is 5.41 Å². The molecule has 0 fully saturated rings. The second kappa shape index (κ2) is 4.56. The molecule has 0 amide bonds. The van der Waals surface area contributed by atoms with Gasteiger partial charge in [-0.05, 0) is 14.0 Å².